The predicted molar refractivity (Wildman–Crippen MR) is 120 cm³/mol. The van der Waals surface area contributed by atoms with Crippen LogP contribution in [0.15, 0.2) is 24.3 Å². The Hall–Kier alpha value is -0.410. The van der Waals surface area contributed by atoms with Crippen LogP contribution in [0.1, 0.15) is 90.5 Å². The van der Waals surface area contributed by atoms with Gasteiger partial charge < -0.3 is 4.52 Å². The second-order valence-electron chi connectivity index (χ2n) is 9.35. The first-order valence-electron chi connectivity index (χ1n) is 10.8. The van der Waals surface area contributed by atoms with Gasteiger partial charge in [0.25, 0.3) is 0 Å². The lowest BCUT2D eigenvalue weighted by Crippen LogP contribution is -2.39. The first kappa shape index (κ1) is 21.3. The van der Waals surface area contributed by atoms with Crippen LogP contribution in [0.3, 0.4) is 0 Å². The molecule has 5 heteroatoms. The van der Waals surface area contributed by atoms with E-state index in [-0.39, 0.29) is 5.41 Å². The molecule has 0 saturated heterocycles. The van der Waals surface area contributed by atoms with Gasteiger partial charge in [0.15, 0.2) is 0 Å². The molecule has 2 N–H and O–H groups in total. The fraction of sp³-hybridized carbons (Fsp3) is 0.727. The number of hydrogen-bond donors (Lipinski definition) is 2. The Bertz CT molecular complexity index is 605. The van der Waals surface area contributed by atoms with Crippen LogP contribution in [-0.4, -0.2) is 12.1 Å². The SMILES string of the molecule is CC(C)(C)c1ccc(OP(=S)(NC2CCCCC2)NC2CCCCC2)cc1. The summed E-state index contributed by atoms with van der Waals surface area (Å²) < 4.78 is 6.48. The Morgan fingerprint density at radius 3 is 1.67 bits per heavy atom. The summed E-state index contributed by atoms with van der Waals surface area (Å²) in [4.78, 5) is 0. The molecule has 0 spiro atoms. The van der Waals surface area contributed by atoms with Crippen molar-refractivity contribution in [3.8, 4) is 5.75 Å². The molecule has 27 heavy (non-hydrogen) atoms. The first-order valence-corrected chi connectivity index (χ1v) is 13.5. The van der Waals surface area contributed by atoms with E-state index in [4.69, 9.17) is 16.3 Å². The fourth-order valence-corrected chi connectivity index (χ4v) is 7.43. The molecule has 152 valence electrons. The molecule has 0 bridgehead atoms. The summed E-state index contributed by atoms with van der Waals surface area (Å²) in [6.07, 6.45) is 12.8. The highest BCUT2D eigenvalue weighted by atomic mass is 32.4. The summed E-state index contributed by atoms with van der Waals surface area (Å²) in [5.41, 5.74) is 1.48. The van der Waals surface area contributed by atoms with Gasteiger partial charge in [0.1, 0.15) is 5.75 Å². The molecule has 0 aromatic heterocycles. The summed E-state index contributed by atoms with van der Waals surface area (Å²) in [6, 6.07) is 9.52. The Balaban J connectivity index is 1.72. The van der Waals surface area contributed by atoms with Crippen LogP contribution in [0.2, 0.25) is 0 Å². The van der Waals surface area contributed by atoms with Gasteiger partial charge in [0, 0.05) is 12.1 Å². The van der Waals surface area contributed by atoms with Crippen LogP contribution in [-0.2, 0) is 17.2 Å². The van der Waals surface area contributed by atoms with E-state index < -0.39 is 6.57 Å². The van der Waals surface area contributed by atoms with Crippen LogP contribution in [0.25, 0.3) is 0 Å². The molecule has 1 aromatic carbocycles. The van der Waals surface area contributed by atoms with Gasteiger partial charge in [-0.2, -0.15) is 0 Å². The van der Waals surface area contributed by atoms with E-state index in [1.165, 1.54) is 69.8 Å². The first-order chi connectivity index (χ1) is 12.8. The zero-order valence-corrected chi connectivity index (χ0v) is 19.0. The summed E-state index contributed by atoms with van der Waals surface area (Å²) in [5.74, 6) is 0.887. The Labute approximate surface area is 171 Å². The minimum absolute atomic E-state index is 0.152. The van der Waals surface area contributed by atoms with Crippen LogP contribution < -0.4 is 14.7 Å². The minimum atomic E-state index is -2.30. The van der Waals surface area contributed by atoms with Crippen molar-refractivity contribution in [2.75, 3.05) is 0 Å². The summed E-state index contributed by atoms with van der Waals surface area (Å²) >= 11 is 6.12. The smallest absolute Gasteiger partial charge is 0.248 e. The molecule has 0 unspecified atom stereocenters. The van der Waals surface area contributed by atoms with Crippen LogP contribution in [0.5, 0.6) is 5.75 Å². The largest absolute Gasteiger partial charge is 0.441 e. The molecule has 0 radical (unpaired) electrons. The minimum Gasteiger partial charge on any atom is -0.441 e. The van der Waals surface area contributed by atoms with Crippen LogP contribution in [0, 0.1) is 0 Å². The molecule has 0 amide bonds. The van der Waals surface area contributed by atoms with Gasteiger partial charge in [-0.25, -0.2) is 10.2 Å². The van der Waals surface area contributed by atoms with Crippen LogP contribution >= 0.6 is 6.57 Å². The average molecular weight is 409 g/mol. The zero-order valence-electron chi connectivity index (χ0n) is 17.3. The van der Waals surface area contributed by atoms with E-state index in [1.54, 1.807) is 0 Å². The van der Waals surface area contributed by atoms with Crippen molar-refractivity contribution in [1.29, 1.82) is 0 Å². The number of benzene rings is 1. The topological polar surface area (TPSA) is 33.3 Å². The molecule has 0 aliphatic heterocycles. The summed E-state index contributed by atoms with van der Waals surface area (Å²) in [7, 11) is 0. The standard InChI is InChI=1S/C22H37N2OPS/c1-22(2,3)18-14-16-21(17-15-18)25-26(27,23-19-10-6-4-7-11-19)24-20-12-8-5-9-13-20/h14-17,19-20H,4-13H2,1-3H3,(H2,23,24,27). The van der Waals surface area contributed by atoms with Gasteiger partial charge in [0.2, 0.25) is 6.57 Å². The fourth-order valence-electron chi connectivity index (χ4n) is 4.20. The molecular weight excluding hydrogens is 371 g/mol. The highest BCUT2D eigenvalue weighted by Crippen LogP contribution is 2.43. The van der Waals surface area contributed by atoms with Gasteiger partial charge in [-0.15, -0.1) is 0 Å². The molecule has 2 saturated carbocycles. The van der Waals surface area contributed by atoms with E-state index in [0.717, 1.165) is 5.75 Å². The summed E-state index contributed by atoms with van der Waals surface area (Å²) in [5, 5.41) is 7.53. The van der Waals surface area contributed by atoms with E-state index in [2.05, 4.69) is 55.2 Å². The maximum absolute atomic E-state index is 6.48. The van der Waals surface area contributed by atoms with Crippen molar-refractivity contribution in [3.63, 3.8) is 0 Å². The zero-order chi connectivity index (χ0) is 19.3. The maximum atomic E-state index is 6.48. The van der Waals surface area contributed by atoms with Gasteiger partial charge in [-0.3, -0.25) is 0 Å². The molecule has 2 fully saturated rings. The highest BCUT2D eigenvalue weighted by Gasteiger charge is 2.29. The second-order valence-corrected chi connectivity index (χ2v) is 12.7. The second kappa shape index (κ2) is 9.39. The van der Waals surface area contributed by atoms with Gasteiger partial charge in [-0.1, -0.05) is 71.4 Å². The number of rotatable bonds is 6. The van der Waals surface area contributed by atoms with Crippen molar-refractivity contribution in [1.82, 2.24) is 10.2 Å². The van der Waals surface area contributed by atoms with E-state index in [1.807, 2.05) is 0 Å². The molecule has 3 rings (SSSR count). The quantitative estimate of drug-likeness (QED) is 0.531. The lowest BCUT2D eigenvalue weighted by molar-refractivity contribution is 0.389. The number of nitrogens with one attached hydrogen (secondary N) is 2. The maximum Gasteiger partial charge on any atom is 0.248 e. The van der Waals surface area contributed by atoms with Crippen molar-refractivity contribution in [3.05, 3.63) is 29.8 Å². The molecule has 0 atom stereocenters. The Morgan fingerprint density at radius 1 is 0.815 bits per heavy atom. The van der Waals surface area contributed by atoms with Crippen molar-refractivity contribution >= 4 is 18.4 Å². The van der Waals surface area contributed by atoms with Gasteiger partial charge >= 0.3 is 0 Å². The average Bonchev–Trinajstić information content (AvgIpc) is 2.63. The van der Waals surface area contributed by atoms with Crippen LogP contribution in [0.4, 0.5) is 0 Å². The molecule has 2 aliphatic rings. The Morgan fingerprint density at radius 2 is 1.26 bits per heavy atom. The molecular formula is C22H37N2OPS. The molecule has 1 aromatic rings. The molecule has 2 aliphatic carbocycles. The van der Waals surface area contributed by atoms with Gasteiger partial charge in [0.05, 0.1) is 0 Å². The van der Waals surface area contributed by atoms with Crippen molar-refractivity contribution in [2.45, 2.75) is 102 Å². The third-order valence-corrected chi connectivity index (χ3v) is 8.60. The lowest BCUT2D eigenvalue weighted by Gasteiger charge is -2.35. The van der Waals surface area contributed by atoms with Gasteiger partial charge in [-0.05, 0) is 60.6 Å². The van der Waals surface area contributed by atoms with Crippen molar-refractivity contribution < 1.29 is 4.52 Å². The molecule has 3 nitrogen and oxygen atoms in total. The van der Waals surface area contributed by atoms with E-state index in [0.29, 0.717) is 12.1 Å². The predicted octanol–water partition coefficient (Wildman–Crippen LogP) is 6.43. The lowest BCUT2D eigenvalue weighted by atomic mass is 9.87. The third-order valence-electron chi connectivity index (χ3n) is 5.87. The van der Waals surface area contributed by atoms with E-state index >= 15 is 0 Å². The highest BCUT2D eigenvalue weighted by molar-refractivity contribution is 8.10. The Kier molecular flexibility index (Phi) is 7.41. The third kappa shape index (κ3) is 6.56. The van der Waals surface area contributed by atoms with Crippen molar-refractivity contribution in [2.24, 2.45) is 0 Å². The van der Waals surface area contributed by atoms with E-state index in [9.17, 15) is 0 Å². The molecule has 0 heterocycles. The monoisotopic (exact) mass is 408 g/mol. The number of hydrogen-bond acceptors (Lipinski definition) is 2. The normalized spacial score (nSPS) is 20.6. The summed E-state index contributed by atoms with van der Waals surface area (Å²) in [6.45, 7) is 4.42.